The van der Waals surface area contributed by atoms with Crippen LogP contribution in [0.5, 0.6) is 0 Å². The van der Waals surface area contributed by atoms with Crippen molar-refractivity contribution in [2.45, 2.75) is 70.9 Å². The molecule has 6 heteroatoms. The maximum absolute atomic E-state index is 12.6. The maximum atomic E-state index is 12.6. The fraction of sp³-hybridized carbons (Fsp3) is 0.706. The van der Waals surface area contributed by atoms with Crippen LogP contribution in [0.15, 0.2) is 0 Å². The number of nitrogens with one attached hydrogen (secondary N) is 2. The zero-order valence-electron chi connectivity index (χ0n) is 13.9. The molecule has 3 rings (SSSR count). The van der Waals surface area contributed by atoms with Crippen LogP contribution < -0.4 is 10.6 Å². The van der Waals surface area contributed by atoms with Crippen molar-refractivity contribution < 1.29 is 9.59 Å². The van der Waals surface area contributed by atoms with Crippen molar-refractivity contribution in [2.75, 3.05) is 6.54 Å². The molecule has 0 spiro atoms. The van der Waals surface area contributed by atoms with E-state index in [-0.39, 0.29) is 17.9 Å². The summed E-state index contributed by atoms with van der Waals surface area (Å²) in [5.41, 5.74) is 1.36. The highest BCUT2D eigenvalue weighted by Gasteiger charge is 2.28. The van der Waals surface area contributed by atoms with Crippen molar-refractivity contribution in [3.8, 4) is 0 Å². The Labute approximate surface area is 137 Å². The van der Waals surface area contributed by atoms with Gasteiger partial charge < -0.3 is 15.2 Å². The number of amides is 2. The number of aromatic nitrogens is 2. The molecule has 2 aliphatic rings. The predicted octanol–water partition coefficient (Wildman–Crippen LogP) is 2.03. The van der Waals surface area contributed by atoms with Crippen molar-refractivity contribution in [1.82, 2.24) is 20.2 Å². The molecule has 2 N–H and O–H groups in total. The minimum atomic E-state index is -0.155. The molecule has 1 aliphatic heterocycles. The third-order valence-electron chi connectivity index (χ3n) is 4.76. The van der Waals surface area contributed by atoms with Gasteiger partial charge in [-0.2, -0.15) is 0 Å². The number of rotatable bonds is 5. The predicted molar refractivity (Wildman–Crippen MR) is 87.5 cm³/mol. The maximum Gasteiger partial charge on any atom is 0.287 e. The standard InChI is InChI=1S/C17H26N4O2/c1-2-10-18-16(22)14-13-9-5-6-11-21(13)15(20-14)17(23)19-12-7-3-4-8-12/h12H,2-11H2,1H3,(H,18,22)(H,19,23). The van der Waals surface area contributed by atoms with Crippen LogP contribution in [0.1, 0.15) is 78.7 Å². The number of nitrogens with zero attached hydrogens (tertiary/aromatic N) is 2. The third kappa shape index (κ3) is 3.41. The molecule has 1 saturated carbocycles. The van der Waals surface area contributed by atoms with Gasteiger partial charge in [0.05, 0.1) is 5.69 Å². The summed E-state index contributed by atoms with van der Waals surface area (Å²) in [7, 11) is 0. The van der Waals surface area contributed by atoms with Gasteiger partial charge in [-0.1, -0.05) is 19.8 Å². The van der Waals surface area contributed by atoms with Crippen LogP contribution in [-0.2, 0) is 13.0 Å². The molecule has 1 aliphatic carbocycles. The second-order valence-corrected chi connectivity index (χ2v) is 6.55. The van der Waals surface area contributed by atoms with E-state index in [4.69, 9.17) is 0 Å². The smallest absolute Gasteiger partial charge is 0.287 e. The molecule has 1 aromatic heterocycles. The van der Waals surface area contributed by atoms with Crippen molar-refractivity contribution in [2.24, 2.45) is 0 Å². The van der Waals surface area contributed by atoms with Crippen LogP contribution in [0.25, 0.3) is 0 Å². The second kappa shape index (κ2) is 7.15. The number of imidazole rings is 1. The van der Waals surface area contributed by atoms with Gasteiger partial charge in [-0.25, -0.2) is 4.98 Å². The van der Waals surface area contributed by atoms with Crippen molar-refractivity contribution in [3.05, 3.63) is 17.2 Å². The molecular weight excluding hydrogens is 292 g/mol. The molecule has 0 bridgehead atoms. The topological polar surface area (TPSA) is 76.0 Å². The Morgan fingerprint density at radius 3 is 2.70 bits per heavy atom. The van der Waals surface area contributed by atoms with Crippen LogP contribution in [0.3, 0.4) is 0 Å². The van der Waals surface area contributed by atoms with Crippen LogP contribution >= 0.6 is 0 Å². The largest absolute Gasteiger partial charge is 0.351 e. The molecule has 1 fully saturated rings. The Morgan fingerprint density at radius 2 is 1.96 bits per heavy atom. The lowest BCUT2D eigenvalue weighted by Crippen LogP contribution is -2.35. The van der Waals surface area contributed by atoms with Crippen molar-refractivity contribution >= 4 is 11.8 Å². The lowest BCUT2D eigenvalue weighted by atomic mass is 10.1. The molecule has 1 aromatic rings. The van der Waals surface area contributed by atoms with E-state index in [0.29, 0.717) is 18.1 Å². The van der Waals surface area contributed by atoms with E-state index >= 15 is 0 Å². The van der Waals surface area contributed by atoms with E-state index in [1.165, 1.54) is 12.8 Å². The van der Waals surface area contributed by atoms with E-state index in [9.17, 15) is 9.59 Å². The highest BCUT2D eigenvalue weighted by atomic mass is 16.2. The van der Waals surface area contributed by atoms with Gasteiger partial charge in [-0.05, 0) is 38.5 Å². The van der Waals surface area contributed by atoms with Crippen LogP contribution in [0.4, 0.5) is 0 Å². The Balaban J connectivity index is 1.83. The summed E-state index contributed by atoms with van der Waals surface area (Å²) in [6, 6.07) is 0.261. The van der Waals surface area contributed by atoms with E-state index in [1.807, 2.05) is 11.5 Å². The van der Waals surface area contributed by atoms with E-state index < -0.39 is 0 Å². The molecular formula is C17H26N4O2. The molecule has 23 heavy (non-hydrogen) atoms. The first-order valence-electron chi connectivity index (χ1n) is 8.89. The molecule has 6 nitrogen and oxygen atoms in total. The van der Waals surface area contributed by atoms with Gasteiger partial charge in [0.1, 0.15) is 5.69 Å². The summed E-state index contributed by atoms with van der Waals surface area (Å²) in [6.07, 6.45) is 8.22. The summed E-state index contributed by atoms with van der Waals surface area (Å²) < 4.78 is 1.95. The fourth-order valence-electron chi connectivity index (χ4n) is 3.54. The number of hydrogen-bond donors (Lipinski definition) is 2. The molecule has 2 heterocycles. The molecule has 0 saturated heterocycles. The SMILES string of the molecule is CCCNC(=O)c1nc(C(=O)NC2CCCC2)n2c1CCCC2. The van der Waals surface area contributed by atoms with Crippen molar-refractivity contribution in [1.29, 1.82) is 0 Å². The van der Waals surface area contributed by atoms with Gasteiger partial charge in [0, 0.05) is 19.1 Å². The molecule has 0 aromatic carbocycles. The minimum Gasteiger partial charge on any atom is -0.351 e. The Kier molecular flexibility index (Phi) is 4.98. The highest BCUT2D eigenvalue weighted by molar-refractivity contribution is 5.97. The number of hydrogen-bond acceptors (Lipinski definition) is 3. The molecule has 126 valence electrons. The van der Waals surface area contributed by atoms with Crippen LogP contribution in [0, 0.1) is 0 Å². The summed E-state index contributed by atoms with van der Waals surface area (Å²) in [4.78, 5) is 29.4. The molecule has 2 amide bonds. The van der Waals surface area contributed by atoms with E-state index in [0.717, 1.165) is 50.8 Å². The second-order valence-electron chi connectivity index (χ2n) is 6.55. The number of carbonyl (C=O) groups excluding carboxylic acids is 2. The number of fused-ring (bicyclic) bond motifs is 1. The summed E-state index contributed by atoms with van der Waals surface area (Å²) >= 11 is 0. The quantitative estimate of drug-likeness (QED) is 0.872. The van der Waals surface area contributed by atoms with Crippen molar-refractivity contribution in [3.63, 3.8) is 0 Å². The summed E-state index contributed by atoms with van der Waals surface area (Å²) in [5.74, 6) is 0.125. The van der Waals surface area contributed by atoms with E-state index in [1.54, 1.807) is 0 Å². The zero-order valence-corrected chi connectivity index (χ0v) is 13.9. The Bertz CT molecular complexity index is 588. The lowest BCUT2D eigenvalue weighted by molar-refractivity contribution is 0.0921. The first-order valence-corrected chi connectivity index (χ1v) is 8.89. The summed E-state index contributed by atoms with van der Waals surface area (Å²) in [6.45, 7) is 3.43. The lowest BCUT2D eigenvalue weighted by Gasteiger charge is -2.18. The first-order chi connectivity index (χ1) is 11.2. The number of carbonyl (C=O) groups is 2. The Morgan fingerprint density at radius 1 is 1.17 bits per heavy atom. The average molecular weight is 318 g/mol. The van der Waals surface area contributed by atoms with Gasteiger partial charge in [0.15, 0.2) is 5.82 Å². The normalized spacial score (nSPS) is 17.8. The monoisotopic (exact) mass is 318 g/mol. The van der Waals surface area contributed by atoms with Gasteiger partial charge in [0.2, 0.25) is 0 Å². The van der Waals surface area contributed by atoms with Crippen LogP contribution in [0.2, 0.25) is 0 Å². The van der Waals surface area contributed by atoms with Gasteiger partial charge in [-0.3, -0.25) is 9.59 Å². The first kappa shape index (κ1) is 16.0. The third-order valence-corrected chi connectivity index (χ3v) is 4.76. The average Bonchev–Trinajstić information content (AvgIpc) is 3.20. The minimum absolute atomic E-state index is 0.130. The van der Waals surface area contributed by atoms with E-state index in [2.05, 4.69) is 15.6 Å². The van der Waals surface area contributed by atoms with Gasteiger partial charge in [0.25, 0.3) is 11.8 Å². The zero-order chi connectivity index (χ0) is 16.2. The highest BCUT2D eigenvalue weighted by Crippen LogP contribution is 2.22. The van der Waals surface area contributed by atoms with Crippen LogP contribution in [-0.4, -0.2) is 34.0 Å². The van der Waals surface area contributed by atoms with Gasteiger partial charge >= 0.3 is 0 Å². The van der Waals surface area contributed by atoms with Gasteiger partial charge in [-0.15, -0.1) is 0 Å². The summed E-state index contributed by atoms with van der Waals surface area (Å²) in [5, 5.41) is 5.96. The molecule has 0 radical (unpaired) electrons. The Hall–Kier alpha value is -1.85. The fourth-order valence-corrected chi connectivity index (χ4v) is 3.54. The molecule has 0 unspecified atom stereocenters. The molecule has 0 atom stereocenters.